The second-order valence-corrected chi connectivity index (χ2v) is 9.93. The molecule has 3 aromatic rings. The summed E-state index contributed by atoms with van der Waals surface area (Å²) in [4.78, 5) is 27.8. The van der Waals surface area contributed by atoms with Crippen molar-refractivity contribution < 1.29 is 37.3 Å². The number of rotatable bonds is 11. The molecular weight excluding hydrogens is 533 g/mol. The van der Waals surface area contributed by atoms with E-state index in [-0.39, 0.29) is 27.9 Å². The van der Waals surface area contributed by atoms with Crippen LogP contribution in [0.25, 0.3) is 17.3 Å². The summed E-state index contributed by atoms with van der Waals surface area (Å²) in [6.45, 7) is 3.00. The zero-order chi connectivity index (χ0) is 27.9. The number of aromatic nitrogens is 1. The van der Waals surface area contributed by atoms with Crippen molar-refractivity contribution in [2.24, 2.45) is 0 Å². The highest BCUT2D eigenvalue weighted by molar-refractivity contribution is 7.14. The number of benzene rings is 2. The molecule has 0 aliphatic carbocycles. The molecule has 1 unspecified atom stereocenters. The maximum absolute atomic E-state index is 15.2. The highest BCUT2D eigenvalue weighted by Crippen LogP contribution is 2.29. The monoisotopic (exact) mass is 560 g/mol. The van der Waals surface area contributed by atoms with Crippen molar-refractivity contribution in [3.63, 3.8) is 0 Å². The number of carbonyl (C=O) groups excluding carboxylic acids is 1. The predicted molar refractivity (Wildman–Crippen MR) is 141 cm³/mol. The Morgan fingerprint density at radius 3 is 2.72 bits per heavy atom. The maximum Gasteiger partial charge on any atom is 0.331 e. The van der Waals surface area contributed by atoms with Gasteiger partial charge in [0.25, 0.3) is 5.91 Å². The first-order valence-corrected chi connectivity index (χ1v) is 13.3. The third-order valence-electron chi connectivity index (χ3n) is 6.18. The predicted octanol–water partition coefficient (Wildman–Crippen LogP) is 6.10. The van der Waals surface area contributed by atoms with E-state index in [1.807, 2.05) is 0 Å². The SMILES string of the molecule is CC(=Cc1c(F)cc(C(=O)Nc2nc(-c3cccc(CCCOCC4CCCO4)c3F)cs2)cc1F)C(=O)O. The Bertz CT molecular complexity index is 1360. The fourth-order valence-corrected chi connectivity index (χ4v) is 4.79. The Kier molecular flexibility index (Phi) is 9.50. The van der Waals surface area contributed by atoms with E-state index in [0.29, 0.717) is 37.3 Å². The fraction of sp³-hybridized carbons (Fsp3) is 0.321. The minimum absolute atomic E-state index is 0.119. The second kappa shape index (κ2) is 13.0. The van der Waals surface area contributed by atoms with E-state index in [0.717, 1.165) is 49.0 Å². The summed E-state index contributed by atoms with van der Waals surface area (Å²) in [6.07, 6.45) is 4.16. The van der Waals surface area contributed by atoms with Gasteiger partial charge >= 0.3 is 5.97 Å². The molecule has 2 N–H and O–H groups in total. The van der Waals surface area contributed by atoms with Crippen LogP contribution in [0.5, 0.6) is 0 Å². The standard InChI is InChI=1S/C28H27F3N2O5S/c1-16(27(35)36)11-21-22(29)12-18(13-23(21)30)26(34)33-28-32-24(15-39-28)20-8-2-5-17(25(20)31)6-3-9-37-14-19-7-4-10-38-19/h2,5,8,11-13,15,19H,3-4,6-7,9-10,14H2,1H3,(H,35,36)(H,32,33,34). The van der Waals surface area contributed by atoms with Crippen LogP contribution in [0.4, 0.5) is 18.3 Å². The van der Waals surface area contributed by atoms with Crippen molar-refractivity contribution in [1.82, 2.24) is 4.98 Å². The number of aryl methyl sites for hydroxylation is 1. The molecule has 1 amide bonds. The summed E-state index contributed by atoms with van der Waals surface area (Å²) in [5, 5.41) is 13.1. The highest BCUT2D eigenvalue weighted by Gasteiger charge is 2.18. The van der Waals surface area contributed by atoms with Crippen molar-refractivity contribution in [1.29, 1.82) is 0 Å². The number of aliphatic carboxylic acids is 1. The molecule has 11 heteroatoms. The molecule has 1 aliphatic heterocycles. The summed E-state index contributed by atoms with van der Waals surface area (Å²) in [7, 11) is 0. The van der Waals surface area contributed by atoms with Crippen LogP contribution >= 0.6 is 11.3 Å². The molecular formula is C28H27F3N2O5S. The number of halogens is 3. The van der Waals surface area contributed by atoms with E-state index in [2.05, 4.69) is 10.3 Å². The molecule has 1 aliphatic rings. The Morgan fingerprint density at radius 1 is 1.26 bits per heavy atom. The van der Waals surface area contributed by atoms with Crippen LogP contribution in [-0.4, -0.2) is 47.9 Å². The van der Waals surface area contributed by atoms with E-state index < -0.39 is 34.9 Å². The minimum atomic E-state index is -1.32. The van der Waals surface area contributed by atoms with Gasteiger partial charge in [0.05, 0.1) is 18.4 Å². The molecule has 206 valence electrons. The molecule has 39 heavy (non-hydrogen) atoms. The lowest BCUT2D eigenvalue weighted by Crippen LogP contribution is -2.14. The summed E-state index contributed by atoms with van der Waals surface area (Å²) >= 11 is 1.04. The van der Waals surface area contributed by atoms with E-state index in [4.69, 9.17) is 14.6 Å². The van der Waals surface area contributed by atoms with Gasteiger partial charge in [-0.1, -0.05) is 12.1 Å². The number of hydrogen-bond donors (Lipinski definition) is 2. The average Bonchev–Trinajstić information content (AvgIpc) is 3.59. The first kappa shape index (κ1) is 28.5. The van der Waals surface area contributed by atoms with Gasteiger partial charge in [-0.05, 0) is 62.4 Å². The summed E-state index contributed by atoms with van der Waals surface area (Å²) < 4.78 is 55.2. The largest absolute Gasteiger partial charge is 0.478 e. The van der Waals surface area contributed by atoms with Crippen molar-refractivity contribution in [2.45, 2.75) is 38.7 Å². The number of carbonyl (C=O) groups is 2. The number of thiazole rings is 1. The lowest BCUT2D eigenvalue weighted by Gasteiger charge is -2.10. The van der Waals surface area contributed by atoms with Gasteiger partial charge < -0.3 is 14.6 Å². The van der Waals surface area contributed by atoms with Crippen molar-refractivity contribution >= 4 is 34.4 Å². The van der Waals surface area contributed by atoms with E-state index in [1.54, 1.807) is 23.6 Å². The van der Waals surface area contributed by atoms with Crippen LogP contribution in [0.15, 0.2) is 41.3 Å². The zero-order valence-corrected chi connectivity index (χ0v) is 22.0. The second-order valence-electron chi connectivity index (χ2n) is 9.07. The first-order chi connectivity index (χ1) is 18.7. The third kappa shape index (κ3) is 7.31. The van der Waals surface area contributed by atoms with Crippen LogP contribution < -0.4 is 5.32 Å². The Balaban J connectivity index is 1.38. The molecule has 0 radical (unpaired) electrons. The van der Waals surface area contributed by atoms with E-state index in [9.17, 15) is 18.4 Å². The lowest BCUT2D eigenvalue weighted by molar-refractivity contribution is -0.132. The Hall–Kier alpha value is -3.54. The summed E-state index contributed by atoms with van der Waals surface area (Å²) in [6, 6.07) is 6.63. The molecule has 0 saturated carbocycles. The van der Waals surface area contributed by atoms with Gasteiger partial charge in [-0.25, -0.2) is 22.9 Å². The molecule has 0 bridgehead atoms. The highest BCUT2D eigenvalue weighted by atomic mass is 32.1. The molecule has 0 spiro atoms. The quantitative estimate of drug-likeness (QED) is 0.217. The van der Waals surface area contributed by atoms with Crippen molar-refractivity contribution in [3.05, 3.63) is 75.4 Å². The van der Waals surface area contributed by atoms with Gasteiger partial charge in [-0.15, -0.1) is 11.3 Å². The van der Waals surface area contributed by atoms with Crippen LogP contribution in [0.3, 0.4) is 0 Å². The molecule has 1 aromatic heterocycles. The number of hydrogen-bond acceptors (Lipinski definition) is 6. The number of anilines is 1. The van der Waals surface area contributed by atoms with Crippen LogP contribution in [0, 0.1) is 17.5 Å². The van der Waals surface area contributed by atoms with Gasteiger partial charge in [0.15, 0.2) is 5.13 Å². The molecule has 7 nitrogen and oxygen atoms in total. The van der Waals surface area contributed by atoms with E-state index >= 15 is 4.39 Å². The van der Waals surface area contributed by atoms with Crippen LogP contribution in [0.1, 0.15) is 47.7 Å². The van der Waals surface area contributed by atoms with Gasteiger partial charge in [0.2, 0.25) is 0 Å². The van der Waals surface area contributed by atoms with Gasteiger partial charge in [-0.3, -0.25) is 10.1 Å². The van der Waals surface area contributed by atoms with Gasteiger partial charge in [-0.2, -0.15) is 0 Å². The minimum Gasteiger partial charge on any atom is -0.478 e. The van der Waals surface area contributed by atoms with E-state index in [1.165, 1.54) is 6.92 Å². The number of ether oxygens (including phenoxy) is 2. The Morgan fingerprint density at radius 2 is 2.03 bits per heavy atom. The summed E-state index contributed by atoms with van der Waals surface area (Å²) in [5.74, 6) is -4.73. The molecule has 1 fully saturated rings. The maximum atomic E-state index is 15.2. The van der Waals surface area contributed by atoms with Crippen molar-refractivity contribution in [2.75, 3.05) is 25.1 Å². The van der Waals surface area contributed by atoms with Crippen LogP contribution in [-0.2, 0) is 20.7 Å². The van der Waals surface area contributed by atoms with Crippen molar-refractivity contribution in [3.8, 4) is 11.3 Å². The molecule has 4 rings (SSSR count). The number of nitrogens with one attached hydrogen (secondary N) is 1. The topological polar surface area (TPSA) is 97.8 Å². The van der Waals surface area contributed by atoms with Gasteiger partial charge in [0.1, 0.15) is 17.5 Å². The normalized spacial score (nSPS) is 15.5. The smallest absolute Gasteiger partial charge is 0.331 e. The zero-order valence-electron chi connectivity index (χ0n) is 21.1. The molecule has 1 saturated heterocycles. The Labute approximate surface area is 227 Å². The van der Waals surface area contributed by atoms with Gasteiger partial charge in [0, 0.05) is 40.9 Å². The summed E-state index contributed by atoms with van der Waals surface area (Å²) in [5.41, 5.74) is -0.0447. The molecule has 2 aromatic carbocycles. The number of carboxylic acid groups (broad SMARTS) is 1. The fourth-order valence-electron chi connectivity index (χ4n) is 4.08. The first-order valence-electron chi connectivity index (χ1n) is 12.4. The number of amides is 1. The average molecular weight is 561 g/mol. The number of nitrogens with zero attached hydrogens (tertiary/aromatic N) is 1. The third-order valence-corrected chi connectivity index (χ3v) is 6.94. The number of carboxylic acids is 1. The molecule has 2 heterocycles. The van der Waals surface area contributed by atoms with Crippen LogP contribution in [0.2, 0.25) is 0 Å². The lowest BCUT2D eigenvalue weighted by atomic mass is 10.0. The molecule has 1 atom stereocenters.